The highest BCUT2D eigenvalue weighted by Gasteiger charge is 2.21. The van der Waals surface area contributed by atoms with Crippen LogP contribution in [0.4, 0.5) is 10.8 Å². The van der Waals surface area contributed by atoms with Crippen LogP contribution >= 0.6 is 23.1 Å². The second-order valence-electron chi connectivity index (χ2n) is 10.7. The molecule has 10 nitrogen and oxygen atoms in total. The number of rotatable bonds is 14. The summed E-state index contributed by atoms with van der Waals surface area (Å²) < 4.78 is 16.0. The number of carbonyl (C=O) groups excluding carboxylic acids is 3. The molecule has 256 valence electrons. The van der Waals surface area contributed by atoms with Crippen molar-refractivity contribution < 1.29 is 28.6 Å². The van der Waals surface area contributed by atoms with Crippen molar-refractivity contribution in [2.75, 3.05) is 32.0 Å². The number of ether oxygens (including phenoxy) is 3. The van der Waals surface area contributed by atoms with Gasteiger partial charge in [0.05, 0.1) is 32.3 Å². The highest BCUT2D eigenvalue weighted by molar-refractivity contribution is 8.00. The van der Waals surface area contributed by atoms with Gasteiger partial charge in [0.2, 0.25) is 5.91 Å². The van der Waals surface area contributed by atoms with E-state index in [9.17, 15) is 14.4 Å². The molecule has 1 heterocycles. The van der Waals surface area contributed by atoms with Crippen molar-refractivity contribution >= 4 is 57.7 Å². The van der Waals surface area contributed by atoms with Crippen LogP contribution in [0.3, 0.4) is 0 Å². The van der Waals surface area contributed by atoms with Crippen LogP contribution < -0.4 is 30.2 Å². The molecule has 0 bridgehead atoms. The van der Waals surface area contributed by atoms with E-state index in [0.29, 0.717) is 51.3 Å². The molecule has 0 fully saturated rings. The van der Waals surface area contributed by atoms with Crippen molar-refractivity contribution in [2.24, 2.45) is 0 Å². The lowest BCUT2D eigenvalue weighted by Crippen LogP contribution is -2.30. The van der Waals surface area contributed by atoms with E-state index in [2.05, 4.69) is 20.9 Å². The van der Waals surface area contributed by atoms with E-state index in [0.717, 1.165) is 10.5 Å². The third-order valence-electron chi connectivity index (χ3n) is 7.40. The Balaban J connectivity index is 1.27. The SMILES string of the molecule is CCC(Sc1cccc(NC(=O)/C(=C\c2ccc(OC)cc2)NC(=O)c2ccccc2)c1)C(=O)Nc1nc(-c2ccc(OC)c(OC)c2)cs1. The summed E-state index contributed by atoms with van der Waals surface area (Å²) in [6.45, 7) is 1.94. The van der Waals surface area contributed by atoms with E-state index < -0.39 is 17.1 Å². The Labute approximate surface area is 298 Å². The summed E-state index contributed by atoms with van der Waals surface area (Å²) in [5, 5.41) is 10.5. The Morgan fingerprint density at radius 3 is 2.30 bits per heavy atom. The number of nitrogens with zero attached hydrogens (tertiary/aromatic N) is 1. The second-order valence-corrected chi connectivity index (χ2v) is 12.9. The number of aromatic nitrogens is 1. The Morgan fingerprint density at radius 2 is 1.60 bits per heavy atom. The molecule has 0 saturated heterocycles. The molecule has 0 spiro atoms. The van der Waals surface area contributed by atoms with Gasteiger partial charge in [-0.25, -0.2) is 4.98 Å². The predicted octanol–water partition coefficient (Wildman–Crippen LogP) is 7.75. The molecule has 5 rings (SSSR count). The number of benzene rings is 4. The summed E-state index contributed by atoms with van der Waals surface area (Å²) >= 11 is 2.71. The number of thioether (sulfide) groups is 1. The zero-order valence-electron chi connectivity index (χ0n) is 27.9. The first-order valence-electron chi connectivity index (χ1n) is 15.6. The first-order chi connectivity index (χ1) is 24.3. The van der Waals surface area contributed by atoms with Gasteiger partial charge in [-0.2, -0.15) is 0 Å². The zero-order valence-corrected chi connectivity index (χ0v) is 29.5. The van der Waals surface area contributed by atoms with Crippen molar-refractivity contribution in [3.63, 3.8) is 0 Å². The van der Waals surface area contributed by atoms with Crippen LogP contribution in [-0.4, -0.2) is 49.3 Å². The van der Waals surface area contributed by atoms with Crippen molar-refractivity contribution in [3.05, 3.63) is 119 Å². The van der Waals surface area contributed by atoms with Crippen molar-refractivity contribution in [2.45, 2.75) is 23.5 Å². The first kappa shape index (κ1) is 35.7. The molecule has 50 heavy (non-hydrogen) atoms. The Hall–Kier alpha value is -5.59. The molecule has 4 aromatic carbocycles. The molecule has 1 unspecified atom stereocenters. The van der Waals surface area contributed by atoms with Gasteiger partial charge in [-0.15, -0.1) is 23.1 Å². The fraction of sp³-hybridized carbons (Fsp3) is 0.158. The first-order valence-corrected chi connectivity index (χ1v) is 17.3. The van der Waals surface area contributed by atoms with Crippen LogP contribution in [0, 0.1) is 0 Å². The normalized spacial score (nSPS) is 11.6. The minimum atomic E-state index is -0.508. The number of thiazole rings is 1. The minimum Gasteiger partial charge on any atom is -0.497 e. The number of amides is 3. The van der Waals surface area contributed by atoms with Crippen molar-refractivity contribution in [1.29, 1.82) is 0 Å². The van der Waals surface area contributed by atoms with Crippen LogP contribution in [0.15, 0.2) is 113 Å². The number of hydrogen-bond acceptors (Lipinski definition) is 9. The predicted molar refractivity (Wildman–Crippen MR) is 199 cm³/mol. The summed E-state index contributed by atoms with van der Waals surface area (Å²) in [6.07, 6.45) is 2.15. The lowest BCUT2D eigenvalue weighted by atomic mass is 10.1. The second kappa shape index (κ2) is 17.2. The summed E-state index contributed by atoms with van der Waals surface area (Å²) in [5.74, 6) is 0.760. The number of methoxy groups -OCH3 is 3. The molecule has 1 atom stereocenters. The van der Waals surface area contributed by atoms with Crippen LogP contribution in [0.1, 0.15) is 29.3 Å². The highest BCUT2D eigenvalue weighted by Crippen LogP contribution is 2.34. The van der Waals surface area contributed by atoms with E-state index >= 15 is 0 Å². The molecule has 12 heteroatoms. The van der Waals surface area contributed by atoms with Crippen LogP contribution in [-0.2, 0) is 9.59 Å². The third-order valence-corrected chi connectivity index (χ3v) is 9.52. The smallest absolute Gasteiger partial charge is 0.272 e. The lowest BCUT2D eigenvalue weighted by Gasteiger charge is -2.15. The third kappa shape index (κ3) is 9.30. The van der Waals surface area contributed by atoms with E-state index in [-0.39, 0.29) is 11.6 Å². The lowest BCUT2D eigenvalue weighted by molar-refractivity contribution is -0.116. The molecular formula is C38H36N4O6S2. The number of anilines is 2. The summed E-state index contributed by atoms with van der Waals surface area (Å²) in [4.78, 5) is 45.3. The minimum absolute atomic E-state index is 0.0591. The van der Waals surface area contributed by atoms with Gasteiger partial charge in [0, 0.05) is 27.1 Å². The highest BCUT2D eigenvalue weighted by atomic mass is 32.2. The Kier molecular flexibility index (Phi) is 12.3. The van der Waals surface area contributed by atoms with Gasteiger partial charge in [-0.3, -0.25) is 14.4 Å². The van der Waals surface area contributed by atoms with Gasteiger partial charge < -0.3 is 30.2 Å². The number of nitrogens with one attached hydrogen (secondary N) is 3. The molecule has 3 amide bonds. The summed E-state index contributed by atoms with van der Waals surface area (Å²) in [5.41, 5.74) is 3.21. The fourth-order valence-corrected chi connectivity index (χ4v) is 6.52. The van der Waals surface area contributed by atoms with Gasteiger partial charge in [0.15, 0.2) is 16.6 Å². The molecule has 5 aromatic rings. The molecule has 0 saturated carbocycles. The van der Waals surface area contributed by atoms with Crippen LogP contribution in [0.5, 0.6) is 17.2 Å². The maximum absolute atomic E-state index is 13.6. The molecule has 3 N–H and O–H groups in total. The number of carbonyl (C=O) groups is 3. The van der Waals surface area contributed by atoms with Gasteiger partial charge in [0.1, 0.15) is 11.4 Å². The zero-order chi connectivity index (χ0) is 35.5. The molecular weight excluding hydrogens is 673 g/mol. The molecule has 0 radical (unpaired) electrons. The van der Waals surface area contributed by atoms with E-state index in [4.69, 9.17) is 14.2 Å². The fourth-order valence-electron chi connectivity index (χ4n) is 4.79. The molecule has 1 aromatic heterocycles. The molecule has 0 aliphatic carbocycles. The largest absolute Gasteiger partial charge is 0.497 e. The van der Waals surface area contributed by atoms with Crippen molar-refractivity contribution in [3.8, 4) is 28.5 Å². The topological polar surface area (TPSA) is 128 Å². The average Bonchev–Trinajstić information content (AvgIpc) is 3.62. The van der Waals surface area contributed by atoms with E-state index in [1.165, 1.54) is 23.1 Å². The van der Waals surface area contributed by atoms with Crippen LogP contribution in [0.25, 0.3) is 17.3 Å². The maximum atomic E-state index is 13.6. The quantitative estimate of drug-likeness (QED) is 0.0790. The summed E-state index contributed by atoms with van der Waals surface area (Å²) in [6, 6.07) is 28.5. The Bertz CT molecular complexity index is 1980. The van der Waals surface area contributed by atoms with E-state index in [1.54, 1.807) is 94.1 Å². The van der Waals surface area contributed by atoms with Crippen molar-refractivity contribution in [1.82, 2.24) is 10.3 Å². The number of hydrogen-bond donors (Lipinski definition) is 3. The van der Waals surface area contributed by atoms with Gasteiger partial charge in [0.25, 0.3) is 11.8 Å². The maximum Gasteiger partial charge on any atom is 0.272 e. The van der Waals surface area contributed by atoms with Gasteiger partial charge in [-0.1, -0.05) is 43.3 Å². The molecule has 0 aliphatic heterocycles. The summed E-state index contributed by atoms with van der Waals surface area (Å²) in [7, 11) is 4.73. The average molecular weight is 709 g/mol. The monoisotopic (exact) mass is 708 g/mol. The Morgan fingerprint density at radius 1 is 0.840 bits per heavy atom. The van der Waals surface area contributed by atoms with E-state index in [1.807, 2.05) is 42.6 Å². The molecule has 0 aliphatic rings. The van der Waals surface area contributed by atoms with Gasteiger partial charge >= 0.3 is 0 Å². The van der Waals surface area contributed by atoms with Gasteiger partial charge in [-0.05, 0) is 78.7 Å². The van der Waals surface area contributed by atoms with Crippen LogP contribution in [0.2, 0.25) is 0 Å². The standard InChI is InChI=1S/C38H36N4O6S2/c1-5-34(37(45)42-38-41-31(23-49-38)26-16-19-32(47-3)33(21-26)48-4)50-29-13-9-12-27(22-29)39-36(44)30(20-24-14-17-28(46-2)18-15-24)40-35(43)25-10-7-6-8-11-25/h6-23,34H,5H2,1-4H3,(H,39,44)(H,40,43)(H,41,42,45)/b30-20+.